The largest absolute Gasteiger partial charge is 0.385 e. The fourth-order valence-electron chi connectivity index (χ4n) is 3.04. The number of halogens is 1. The molecule has 1 amide bonds. The van der Waals surface area contributed by atoms with E-state index in [-0.39, 0.29) is 23.7 Å². The number of carbonyl (C=O) groups is 1. The van der Waals surface area contributed by atoms with Gasteiger partial charge in [0.05, 0.1) is 5.41 Å². The predicted octanol–water partition coefficient (Wildman–Crippen LogP) is 1.73. The maximum absolute atomic E-state index is 12.5. The van der Waals surface area contributed by atoms with Gasteiger partial charge in [0.1, 0.15) is 0 Å². The molecule has 0 aromatic carbocycles. The number of carbonyl (C=O) groups excluding carboxylic acids is 1. The smallest absolute Gasteiger partial charge is 0.226 e. The fourth-order valence-corrected chi connectivity index (χ4v) is 3.04. The molecule has 2 fully saturated rings. The maximum atomic E-state index is 12.5. The lowest BCUT2D eigenvalue weighted by atomic mass is 9.66. The molecule has 2 N–H and O–H groups in total. The second-order valence-electron chi connectivity index (χ2n) is 5.93. The minimum Gasteiger partial charge on any atom is -0.385 e. The molecule has 1 saturated heterocycles. The Hall–Kier alpha value is -0.320. The molecule has 4 nitrogen and oxygen atoms in total. The SMILES string of the molecule is COCCC1(C(=O)NC2CCNCC2C)CCC1.Cl. The van der Waals surface area contributed by atoms with Gasteiger partial charge in [0, 0.05) is 19.8 Å². The third-order valence-corrected chi connectivity index (χ3v) is 4.68. The molecule has 2 aliphatic rings. The van der Waals surface area contributed by atoms with Crippen LogP contribution in [0, 0.1) is 11.3 Å². The van der Waals surface area contributed by atoms with E-state index in [2.05, 4.69) is 17.6 Å². The summed E-state index contributed by atoms with van der Waals surface area (Å²) in [6, 6.07) is 0.346. The van der Waals surface area contributed by atoms with Crippen molar-refractivity contribution >= 4 is 18.3 Å². The van der Waals surface area contributed by atoms with Gasteiger partial charge in [-0.15, -0.1) is 12.4 Å². The summed E-state index contributed by atoms with van der Waals surface area (Å²) in [7, 11) is 1.71. The third kappa shape index (κ3) is 3.83. The summed E-state index contributed by atoms with van der Waals surface area (Å²) < 4.78 is 5.14. The Morgan fingerprint density at radius 1 is 1.47 bits per heavy atom. The van der Waals surface area contributed by atoms with Crippen LogP contribution in [0.1, 0.15) is 39.0 Å². The molecule has 2 rings (SSSR count). The highest BCUT2D eigenvalue weighted by molar-refractivity contribution is 5.85. The van der Waals surface area contributed by atoms with Crippen LogP contribution < -0.4 is 10.6 Å². The van der Waals surface area contributed by atoms with Crippen molar-refractivity contribution in [2.24, 2.45) is 11.3 Å². The average Bonchev–Trinajstić information content (AvgIpc) is 2.31. The minimum absolute atomic E-state index is 0. The van der Waals surface area contributed by atoms with Crippen molar-refractivity contribution < 1.29 is 9.53 Å². The molecule has 19 heavy (non-hydrogen) atoms. The van der Waals surface area contributed by atoms with Crippen molar-refractivity contribution in [3.8, 4) is 0 Å². The van der Waals surface area contributed by atoms with Crippen LogP contribution in [-0.2, 0) is 9.53 Å². The average molecular weight is 291 g/mol. The van der Waals surface area contributed by atoms with Crippen LogP contribution in [0.4, 0.5) is 0 Å². The molecular weight excluding hydrogens is 264 g/mol. The van der Waals surface area contributed by atoms with Gasteiger partial charge >= 0.3 is 0 Å². The Bertz CT molecular complexity index is 295. The summed E-state index contributed by atoms with van der Waals surface area (Å²) in [5.41, 5.74) is -0.124. The van der Waals surface area contributed by atoms with Gasteiger partial charge in [-0.25, -0.2) is 0 Å². The molecule has 5 heteroatoms. The van der Waals surface area contributed by atoms with Crippen LogP contribution in [0.5, 0.6) is 0 Å². The Kier molecular flexibility index (Phi) is 6.57. The monoisotopic (exact) mass is 290 g/mol. The first kappa shape index (κ1) is 16.7. The van der Waals surface area contributed by atoms with E-state index >= 15 is 0 Å². The van der Waals surface area contributed by atoms with Crippen molar-refractivity contribution in [1.29, 1.82) is 0 Å². The predicted molar refractivity (Wildman–Crippen MR) is 78.6 cm³/mol. The van der Waals surface area contributed by atoms with Crippen molar-refractivity contribution in [2.45, 2.75) is 45.1 Å². The highest BCUT2D eigenvalue weighted by Gasteiger charge is 2.44. The van der Waals surface area contributed by atoms with E-state index in [1.54, 1.807) is 7.11 Å². The van der Waals surface area contributed by atoms with Gasteiger partial charge in [0.2, 0.25) is 5.91 Å². The molecular formula is C14H27ClN2O2. The third-order valence-electron chi connectivity index (χ3n) is 4.68. The van der Waals surface area contributed by atoms with E-state index in [0.29, 0.717) is 18.6 Å². The van der Waals surface area contributed by atoms with Gasteiger partial charge in [-0.1, -0.05) is 13.3 Å². The number of nitrogens with one attached hydrogen (secondary N) is 2. The summed E-state index contributed by atoms with van der Waals surface area (Å²) >= 11 is 0. The van der Waals surface area contributed by atoms with Crippen LogP contribution >= 0.6 is 12.4 Å². The first-order chi connectivity index (χ1) is 8.68. The van der Waals surface area contributed by atoms with Crippen molar-refractivity contribution in [3.63, 3.8) is 0 Å². The second kappa shape index (κ2) is 7.46. The standard InChI is InChI=1S/C14H26N2O2.ClH/c1-11-10-15-8-4-12(11)16-13(17)14(5-3-6-14)7-9-18-2;/h11-12,15H,3-10H2,1-2H3,(H,16,17);1H. The maximum Gasteiger partial charge on any atom is 0.226 e. The van der Waals surface area contributed by atoms with E-state index in [9.17, 15) is 4.79 Å². The Morgan fingerprint density at radius 3 is 2.74 bits per heavy atom. The molecule has 112 valence electrons. The molecule has 2 unspecified atom stereocenters. The lowest BCUT2D eigenvalue weighted by Gasteiger charge is -2.42. The molecule has 0 aromatic rings. The Morgan fingerprint density at radius 2 is 2.21 bits per heavy atom. The molecule has 2 atom stereocenters. The topological polar surface area (TPSA) is 50.4 Å². The zero-order valence-corrected chi connectivity index (χ0v) is 12.9. The molecule has 1 aliphatic carbocycles. The quantitative estimate of drug-likeness (QED) is 0.811. The zero-order valence-electron chi connectivity index (χ0n) is 12.0. The van der Waals surface area contributed by atoms with Gasteiger partial charge < -0.3 is 15.4 Å². The summed E-state index contributed by atoms with van der Waals surface area (Å²) in [6.07, 6.45) is 5.16. The first-order valence-corrected chi connectivity index (χ1v) is 7.18. The highest BCUT2D eigenvalue weighted by Crippen LogP contribution is 2.44. The number of rotatable bonds is 5. The van der Waals surface area contributed by atoms with Crippen molar-refractivity contribution in [2.75, 3.05) is 26.8 Å². The van der Waals surface area contributed by atoms with E-state index in [1.807, 2.05) is 0 Å². The molecule has 0 spiro atoms. The molecule has 0 radical (unpaired) electrons. The summed E-state index contributed by atoms with van der Waals surface area (Å²) in [5, 5.41) is 6.65. The van der Waals surface area contributed by atoms with Gasteiger partial charge in [0.15, 0.2) is 0 Å². The van der Waals surface area contributed by atoms with Crippen molar-refractivity contribution in [1.82, 2.24) is 10.6 Å². The molecule has 1 heterocycles. The number of piperidine rings is 1. The fraction of sp³-hybridized carbons (Fsp3) is 0.929. The number of hydrogen-bond acceptors (Lipinski definition) is 3. The van der Waals surface area contributed by atoms with Crippen molar-refractivity contribution in [3.05, 3.63) is 0 Å². The summed E-state index contributed by atoms with van der Waals surface area (Å²) in [5.74, 6) is 0.798. The number of methoxy groups -OCH3 is 1. The molecule has 1 saturated carbocycles. The molecule has 0 bridgehead atoms. The lowest BCUT2D eigenvalue weighted by molar-refractivity contribution is -0.138. The summed E-state index contributed by atoms with van der Waals surface area (Å²) in [4.78, 5) is 12.5. The molecule has 0 aromatic heterocycles. The molecule has 1 aliphatic heterocycles. The minimum atomic E-state index is -0.124. The van der Waals surface area contributed by atoms with E-state index in [0.717, 1.165) is 38.8 Å². The second-order valence-corrected chi connectivity index (χ2v) is 5.93. The van der Waals surface area contributed by atoms with Crippen LogP contribution in [0.25, 0.3) is 0 Å². The number of ether oxygens (including phenoxy) is 1. The van der Waals surface area contributed by atoms with E-state index < -0.39 is 0 Å². The summed E-state index contributed by atoms with van der Waals surface area (Å²) in [6.45, 7) is 4.92. The number of hydrogen-bond donors (Lipinski definition) is 2. The van der Waals surface area contributed by atoms with Crippen LogP contribution in [0.3, 0.4) is 0 Å². The first-order valence-electron chi connectivity index (χ1n) is 7.18. The lowest BCUT2D eigenvalue weighted by Crippen LogP contribution is -2.54. The van der Waals surface area contributed by atoms with Gasteiger partial charge in [-0.3, -0.25) is 4.79 Å². The van der Waals surface area contributed by atoms with Crippen LogP contribution in [0.15, 0.2) is 0 Å². The zero-order chi connectivity index (χ0) is 13.0. The van der Waals surface area contributed by atoms with Gasteiger partial charge in [-0.05, 0) is 44.7 Å². The van der Waals surface area contributed by atoms with E-state index in [1.165, 1.54) is 6.42 Å². The Balaban J connectivity index is 0.00000180. The normalized spacial score (nSPS) is 28.9. The number of amides is 1. The van der Waals surface area contributed by atoms with Gasteiger partial charge in [0.25, 0.3) is 0 Å². The van der Waals surface area contributed by atoms with Crippen LogP contribution in [0.2, 0.25) is 0 Å². The van der Waals surface area contributed by atoms with Gasteiger partial charge in [-0.2, -0.15) is 0 Å². The Labute approximate surface area is 122 Å². The van der Waals surface area contributed by atoms with E-state index in [4.69, 9.17) is 4.74 Å². The highest BCUT2D eigenvalue weighted by atomic mass is 35.5. The van der Waals surface area contributed by atoms with Crippen LogP contribution in [-0.4, -0.2) is 38.8 Å².